The van der Waals surface area contributed by atoms with E-state index in [1.165, 1.54) is 9.13 Å². The van der Waals surface area contributed by atoms with Crippen molar-refractivity contribution in [3.8, 4) is 11.5 Å². The van der Waals surface area contributed by atoms with E-state index in [4.69, 9.17) is 9.47 Å². The fourth-order valence-corrected chi connectivity index (χ4v) is 2.78. The van der Waals surface area contributed by atoms with Crippen LogP contribution in [0.25, 0.3) is 0 Å². The van der Waals surface area contributed by atoms with Crippen LogP contribution in [0.5, 0.6) is 11.5 Å². The summed E-state index contributed by atoms with van der Waals surface area (Å²) in [4.78, 5) is 21.4. The van der Waals surface area contributed by atoms with Crippen molar-refractivity contribution in [2.45, 2.75) is 26.3 Å². The van der Waals surface area contributed by atoms with E-state index in [0.29, 0.717) is 11.5 Å². The molecule has 3 rings (SSSR count). The molecule has 2 heterocycles. The summed E-state index contributed by atoms with van der Waals surface area (Å²) in [6.07, 6.45) is 6.69. The van der Waals surface area contributed by atoms with E-state index in [1.54, 1.807) is 61.2 Å². The predicted molar refractivity (Wildman–Crippen MR) is 98.4 cm³/mol. The number of carbonyl (C=O) groups excluding carboxylic acids is 2. The van der Waals surface area contributed by atoms with Gasteiger partial charge in [-0.2, -0.15) is 9.13 Å². The van der Waals surface area contributed by atoms with Crippen LogP contribution in [0.1, 0.15) is 11.1 Å². The quantitative estimate of drug-likeness (QED) is 0.395. The maximum Gasteiger partial charge on any atom is 0.187 e. The molecule has 0 aliphatic heterocycles. The van der Waals surface area contributed by atoms with Crippen molar-refractivity contribution < 1.29 is 38.4 Å². The van der Waals surface area contributed by atoms with Crippen molar-refractivity contribution in [3.63, 3.8) is 0 Å². The second kappa shape index (κ2) is 10.0. The topological polar surface area (TPSA) is 106 Å². The molecule has 0 unspecified atom stereocenters. The highest BCUT2D eigenvalue weighted by Crippen LogP contribution is 2.19. The van der Waals surface area contributed by atoms with Crippen LogP contribution in [-0.2, 0) is 35.9 Å². The van der Waals surface area contributed by atoms with Gasteiger partial charge in [-0.1, -0.05) is 0 Å². The maximum absolute atomic E-state index is 10.7. The first-order chi connectivity index (χ1) is 14.5. The first-order valence-electron chi connectivity index (χ1n) is 9.19. The van der Waals surface area contributed by atoms with Crippen LogP contribution in [0.4, 0.5) is 0 Å². The van der Waals surface area contributed by atoms with Crippen molar-refractivity contribution in [2.75, 3.05) is 0 Å². The summed E-state index contributed by atoms with van der Waals surface area (Å²) < 4.78 is 14.5. The van der Waals surface area contributed by atoms with Gasteiger partial charge in [0.05, 0.1) is 11.1 Å². The smallest absolute Gasteiger partial charge is 0.187 e. The highest BCUT2D eigenvalue weighted by atomic mass is 16.5. The van der Waals surface area contributed by atoms with Crippen molar-refractivity contribution in [3.05, 3.63) is 84.4 Å². The van der Waals surface area contributed by atoms with E-state index >= 15 is 0 Å². The average molecular weight is 408 g/mol. The Morgan fingerprint density at radius 2 is 1.10 bits per heavy atom. The summed E-state index contributed by atoms with van der Waals surface area (Å²) >= 11 is 0. The largest absolute Gasteiger partial charge is 0.544 e. The summed E-state index contributed by atoms with van der Waals surface area (Å²) in [5.74, 6) is -1.02. The van der Waals surface area contributed by atoms with Gasteiger partial charge < -0.3 is 29.3 Å². The standard InChI is InChI=1S/C22H20N2O6/c25-21(26)13-23-9-1-3-17(11-23)15-29-19-5-7-20(8-6-19)30-16-18-4-2-10-24(12-18)14-22(27)28/h1-12H,13-16H2. The molecule has 0 fully saturated rings. The fourth-order valence-electron chi connectivity index (χ4n) is 2.78. The molecule has 0 aliphatic carbocycles. The third-order valence-electron chi connectivity index (χ3n) is 4.10. The molecule has 8 heteroatoms. The van der Waals surface area contributed by atoms with E-state index in [1.807, 2.05) is 12.1 Å². The van der Waals surface area contributed by atoms with Crippen molar-refractivity contribution in [1.29, 1.82) is 0 Å². The SMILES string of the molecule is O=C([O-])C[n+]1cccc(COc2ccc(OCc3ccc[n+](CC(=O)[O-])c3)cc2)c1. The molecule has 0 bridgehead atoms. The Morgan fingerprint density at radius 1 is 0.700 bits per heavy atom. The molecule has 0 amide bonds. The lowest BCUT2D eigenvalue weighted by molar-refractivity contribution is -0.691. The number of carboxylic acid groups (broad SMARTS) is 2. The Bertz CT molecular complexity index is 938. The lowest BCUT2D eigenvalue weighted by Crippen LogP contribution is -2.43. The van der Waals surface area contributed by atoms with Gasteiger partial charge in [0.25, 0.3) is 0 Å². The molecule has 0 saturated carbocycles. The van der Waals surface area contributed by atoms with E-state index in [-0.39, 0.29) is 26.3 Å². The van der Waals surface area contributed by atoms with Gasteiger partial charge in [-0.15, -0.1) is 0 Å². The maximum atomic E-state index is 10.7. The molecule has 8 nitrogen and oxygen atoms in total. The molecule has 0 radical (unpaired) electrons. The van der Waals surface area contributed by atoms with Gasteiger partial charge >= 0.3 is 0 Å². The van der Waals surface area contributed by atoms with Crippen LogP contribution in [0, 0.1) is 0 Å². The zero-order valence-corrected chi connectivity index (χ0v) is 16.1. The number of ether oxygens (including phenoxy) is 2. The van der Waals surface area contributed by atoms with Gasteiger partial charge in [0.1, 0.15) is 36.7 Å². The van der Waals surface area contributed by atoms with Gasteiger partial charge in [0.2, 0.25) is 0 Å². The van der Waals surface area contributed by atoms with Crippen LogP contribution in [-0.4, -0.2) is 11.9 Å². The Balaban J connectivity index is 1.52. The Morgan fingerprint density at radius 3 is 1.47 bits per heavy atom. The van der Waals surface area contributed by atoms with Gasteiger partial charge in [0.15, 0.2) is 37.9 Å². The number of aliphatic carboxylic acids is 2. The molecule has 0 spiro atoms. The van der Waals surface area contributed by atoms with E-state index < -0.39 is 11.9 Å². The first-order valence-corrected chi connectivity index (χ1v) is 9.19. The molecule has 0 N–H and O–H groups in total. The minimum absolute atomic E-state index is 0.214. The number of hydrogen-bond acceptors (Lipinski definition) is 6. The molecular weight excluding hydrogens is 388 g/mol. The first kappa shape index (κ1) is 20.8. The Hall–Kier alpha value is -3.94. The lowest BCUT2D eigenvalue weighted by atomic mass is 10.3. The van der Waals surface area contributed by atoms with Gasteiger partial charge in [0, 0.05) is 12.1 Å². The molecule has 3 aromatic rings. The van der Waals surface area contributed by atoms with E-state index in [9.17, 15) is 19.8 Å². The minimum atomic E-state index is -1.15. The summed E-state index contributed by atoms with van der Waals surface area (Å²) in [5.41, 5.74) is 1.65. The number of rotatable bonds is 10. The van der Waals surface area contributed by atoms with Gasteiger partial charge in [-0.05, 0) is 36.4 Å². The van der Waals surface area contributed by atoms with Crippen molar-refractivity contribution >= 4 is 11.9 Å². The fraction of sp³-hybridized carbons (Fsp3) is 0.182. The van der Waals surface area contributed by atoms with E-state index in [2.05, 4.69) is 0 Å². The molecule has 154 valence electrons. The lowest BCUT2D eigenvalue weighted by Gasteiger charge is -2.09. The third-order valence-corrected chi connectivity index (χ3v) is 4.10. The summed E-state index contributed by atoms with van der Waals surface area (Å²) in [7, 11) is 0. The van der Waals surface area contributed by atoms with Crippen LogP contribution >= 0.6 is 0 Å². The van der Waals surface area contributed by atoms with Crippen LogP contribution < -0.4 is 28.8 Å². The average Bonchev–Trinajstić information content (AvgIpc) is 2.71. The molecular formula is C22H20N2O6. The zero-order chi connectivity index (χ0) is 21.3. The molecule has 30 heavy (non-hydrogen) atoms. The number of carbonyl (C=O) groups is 2. The van der Waals surface area contributed by atoms with Crippen LogP contribution in [0.2, 0.25) is 0 Å². The second-order valence-corrected chi connectivity index (χ2v) is 6.56. The molecule has 0 atom stereocenters. The monoisotopic (exact) mass is 408 g/mol. The summed E-state index contributed by atoms with van der Waals surface area (Å²) in [6, 6.07) is 14.3. The summed E-state index contributed by atoms with van der Waals surface area (Å²) in [6.45, 7) is 0.149. The number of hydrogen-bond donors (Lipinski definition) is 0. The summed E-state index contributed by atoms with van der Waals surface area (Å²) in [5, 5.41) is 21.4. The molecule has 1 aromatic carbocycles. The number of benzene rings is 1. The number of nitrogens with zero attached hydrogens (tertiary/aromatic N) is 2. The third kappa shape index (κ3) is 6.59. The van der Waals surface area contributed by atoms with E-state index in [0.717, 1.165) is 11.1 Å². The molecule has 0 saturated heterocycles. The molecule has 2 aromatic heterocycles. The number of carboxylic acids is 2. The highest BCUT2D eigenvalue weighted by molar-refractivity contribution is 5.62. The predicted octanol–water partition coefficient (Wildman–Crippen LogP) is -1.08. The van der Waals surface area contributed by atoms with Gasteiger partial charge in [-0.3, -0.25) is 0 Å². The van der Waals surface area contributed by atoms with Crippen molar-refractivity contribution in [1.82, 2.24) is 0 Å². The van der Waals surface area contributed by atoms with Crippen LogP contribution in [0.3, 0.4) is 0 Å². The Labute approximate surface area is 173 Å². The second-order valence-electron chi connectivity index (χ2n) is 6.56. The van der Waals surface area contributed by atoms with Gasteiger partial charge in [-0.25, -0.2) is 0 Å². The minimum Gasteiger partial charge on any atom is -0.544 e. The molecule has 0 aliphatic rings. The number of pyridine rings is 2. The highest BCUT2D eigenvalue weighted by Gasteiger charge is 2.06. The zero-order valence-electron chi connectivity index (χ0n) is 16.1. The number of aromatic nitrogens is 2. The van der Waals surface area contributed by atoms with Crippen LogP contribution in [0.15, 0.2) is 73.3 Å². The van der Waals surface area contributed by atoms with Crippen molar-refractivity contribution in [2.24, 2.45) is 0 Å². The normalized spacial score (nSPS) is 10.4. The Kier molecular flexibility index (Phi) is 6.94.